The van der Waals surface area contributed by atoms with Gasteiger partial charge in [0.2, 0.25) is 11.8 Å². The lowest BCUT2D eigenvalue weighted by atomic mass is 10.1. The van der Waals surface area contributed by atoms with Crippen LogP contribution in [0.4, 0.5) is 4.79 Å². The molecule has 6 N–H and O–H groups in total. The van der Waals surface area contributed by atoms with Crippen LogP contribution in [0.2, 0.25) is 0 Å². The third-order valence-electron chi connectivity index (χ3n) is 4.98. The fourth-order valence-corrected chi connectivity index (χ4v) is 3.41. The number of likely N-dealkylation sites (tertiary alicyclic amines) is 1. The van der Waals surface area contributed by atoms with E-state index in [1.165, 1.54) is 24.0 Å². The Bertz CT molecular complexity index is 867. The maximum Gasteiger partial charge on any atom is 0.426 e. The number of carbonyl (C=O) groups excluding carboxylic acids is 4. The van der Waals surface area contributed by atoms with Crippen molar-refractivity contribution >= 4 is 23.8 Å². The van der Waals surface area contributed by atoms with Gasteiger partial charge in [-0.1, -0.05) is 12.1 Å². The first-order valence-corrected chi connectivity index (χ1v) is 10.8. The van der Waals surface area contributed by atoms with E-state index in [1.54, 1.807) is 32.9 Å². The van der Waals surface area contributed by atoms with E-state index in [1.807, 2.05) is 0 Å². The van der Waals surface area contributed by atoms with Crippen LogP contribution in [-0.2, 0) is 25.5 Å². The van der Waals surface area contributed by atoms with Crippen LogP contribution in [0.25, 0.3) is 0 Å². The number of nitrogens with zero attached hydrogens (tertiary/aromatic N) is 1. The zero-order valence-corrected chi connectivity index (χ0v) is 19.4. The number of hydrogen-bond acceptors (Lipinski definition) is 7. The molecule has 2 rings (SSSR count). The molecule has 1 aliphatic heterocycles. The molecule has 0 aromatic heterocycles. The van der Waals surface area contributed by atoms with Crippen molar-refractivity contribution in [2.24, 2.45) is 5.73 Å². The Balaban J connectivity index is 1.88. The van der Waals surface area contributed by atoms with Gasteiger partial charge in [-0.3, -0.25) is 19.8 Å². The Hall–Kier alpha value is -3.34. The van der Waals surface area contributed by atoms with Gasteiger partial charge in [0.15, 0.2) is 0 Å². The van der Waals surface area contributed by atoms with Crippen LogP contribution in [0.5, 0.6) is 5.75 Å². The smallest absolute Gasteiger partial charge is 0.426 e. The van der Waals surface area contributed by atoms with Crippen LogP contribution in [0.3, 0.4) is 0 Å². The number of amides is 4. The maximum atomic E-state index is 12.9. The summed E-state index contributed by atoms with van der Waals surface area (Å²) in [5.41, 5.74) is 10.5. The molecular formula is C22H33N5O6. The van der Waals surface area contributed by atoms with Crippen molar-refractivity contribution in [3.05, 3.63) is 29.8 Å². The second-order valence-corrected chi connectivity index (χ2v) is 9.01. The monoisotopic (exact) mass is 463 g/mol. The standard InChI is InChI=1S/C22H33N5O6/c1-13(24-18(29)16(23)12-14-7-9-15(28)10-8-14)20(31)27-11-5-6-17(27)19(30)25-26-21(32)33-22(2,3)4/h7-10,13,16-17,28H,5-6,11-12,23H2,1-4H3,(H,24,29)(H,25,30)(H,26,32)/t13-,16+,17+/m1/s1. The van der Waals surface area contributed by atoms with E-state index in [4.69, 9.17) is 10.5 Å². The summed E-state index contributed by atoms with van der Waals surface area (Å²) in [6.07, 6.45) is 0.458. The molecule has 0 spiro atoms. The number of ether oxygens (including phenoxy) is 1. The Morgan fingerprint density at radius 1 is 1.18 bits per heavy atom. The molecule has 1 saturated heterocycles. The molecule has 0 unspecified atom stereocenters. The minimum Gasteiger partial charge on any atom is -0.508 e. The summed E-state index contributed by atoms with van der Waals surface area (Å²) >= 11 is 0. The Labute approximate surface area is 193 Å². The Kier molecular flexibility index (Phi) is 8.63. The first-order valence-electron chi connectivity index (χ1n) is 10.8. The van der Waals surface area contributed by atoms with Crippen molar-refractivity contribution < 1.29 is 29.0 Å². The van der Waals surface area contributed by atoms with E-state index in [-0.39, 0.29) is 12.2 Å². The number of nitrogens with one attached hydrogen (secondary N) is 3. The number of carbonyl (C=O) groups is 4. The number of hydrazine groups is 1. The first-order chi connectivity index (χ1) is 15.4. The number of phenolic OH excluding ortho intramolecular Hbond substituents is 1. The van der Waals surface area contributed by atoms with Crippen LogP contribution >= 0.6 is 0 Å². The molecule has 0 radical (unpaired) electrons. The molecule has 11 heteroatoms. The summed E-state index contributed by atoms with van der Waals surface area (Å²) in [4.78, 5) is 51.0. The lowest BCUT2D eigenvalue weighted by molar-refractivity contribution is -0.141. The molecule has 11 nitrogen and oxygen atoms in total. The molecule has 1 aromatic rings. The zero-order chi connectivity index (χ0) is 24.8. The predicted octanol–water partition coefficient (Wildman–Crippen LogP) is 0.314. The average molecular weight is 464 g/mol. The van der Waals surface area contributed by atoms with Crippen molar-refractivity contribution in [2.75, 3.05) is 6.54 Å². The van der Waals surface area contributed by atoms with Crippen LogP contribution in [0, 0.1) is 0 Å². The highest BCUT2D eigenvalue weighted by atomic mass is 16.6. The molecule has 1 fully saturated rings. The topological polar surface area (TPSA) is 163 Å². The number of nitrogens with two attached hydrogens (primary N) is 1. The average Bonchev–Trinajstić information content (AvgIpc) is 3.21. The fourth-order valence-electron chi connectivity index (χ4n) is 3.41. The summed E-state index contributed by atoms with van der Waals surface area (Å²) in [7, 11) is 0. The highest BCUT2D eigenvalue weighted by Crippen LogP contribution is 2.18. The first kappa shape index (κ1) is 25.9. The van der Waals surface area contributed by atoms with Crippen LogP contribution in [0.1, 0.15) is 46.1 Å². The molecular weight excluding hydrogens is 430 g/mol. The van der Waals surface area contributed by atoms with E-state index < -0.39 is 47.5 Å². The second kappa shape index (κ2) is 11.0. The number of hydrogen-bond donors (Lipinski definition) is 5. The van der Waals surface area contributed by atoms with Crippen LogP contribution in [0.15, 0.2) is 24.3 Å². The molecule has 182 valence electrons. The molecule has 4 amide bonds. The summed E-state index contributed by atoms with van der Waals surface area (Å²) in [5, 5.41) is 11.9. The highest BCUT2D eigenvalue weighted by molar-refractivity contribution is 5.93. The van der Waals surface area contributed by atoms with Crippen LogP contribution < -0.4 is 21.9 Å². The molecule has 1 heterocycles. The molecule has 3 atom stereocenters. The van der Waals surface area contributed by atoms with E-state index in [9.17, 15) is 24.3 Å². The van der Waals surface area contributed by atoms with Crippen LogP contribution in [-0.4, -0.2) is 64.1 Å². The molecule has 1 aromatic carbocycles. The van der Waals surface area contributed by atoms with Gasteiger partial charge < -0.3 is 25.8 Å². The van der Waals surface area contributed by atoms with Crippen molar-refractivity contribution in [1.82, 2.24) is 21.1 Å². The summed E-state index contributed by atoms with van der Waals surface area (Å²) in [5.74, 6) is -1.36. The molecule has 0 saturated carbocycles. The van der Waals surface area contributed by atoms with Gasteiger partial charge in [-0.2, -0.15) is 0 Å². The predicted molar refractivity (Wildman–Crippen MR) is 120 cm³/mol. The summed E-state index contributed by atoms with van der Waals surface area (Å²) in [6, 6.07) is 3.77. The SMILES string of the molecule is C[C@@H](NC(=O)[C@@H](N)Cc1ccc(O)cc1)C(=O)N1CCC[C@H]1C(=O)NNC(=O)OC(C)(C)C. The third kappa shape index (κ3) is 7.94. The van der Waals surface area contributed by atoms with E-state index in [0.29, 0.717) is 19.4 Å². The number of aromatic hydroxyl groups is 1. The molecule has 33 heavy (non-hydrogen) atoms. The van der Waals surface area contributed by atoms with Gasteiger partial charge >= 0.3 is 6.09 Å². The second-order valence-electron chi connectivity index (χ2n) is 9.01. The van der Waals surface area contributed by atoms with Crippen molar-refractivity contribution in [1.29, 1.82) is 0 Å². The number of rotatable bonds is 6. The normalized spacial score (nSPS) is 17.6. The number of phenols is 1. The van der Waals surface area contributed by atoms with E-state index >= 15 is 0 Å². The van der Waals surface area contributed by atoms with Gasteiger partial charge in [-0.05, 0) is 64.7 Å². The lowest BCUT2D eigenvalue weighted by Crippen LogP contribution is -2.56. The minimum absolute atomic E-state index is 0.112. The van der Waals surface area contributed by atoms with Gasteiger partial charge in [0, 0.05) is 6.54 Å². The highest BCUT2D eigenvalue weighted by Gasteiger charge is 2.37. The van der Waals surface area contributed by atoms with Crippen molar-refractivity contribution in [2.45, 2.75) is 70.7 Å². The van der Waals surface area contributed by atoms with Gasteiger partial charge in [0.25, 0.3) is 5.91 Å². The summed E-state index contributed by atoms with van der Waals surface area (Å²) in [6.45, 7) is 6.96. The molecule has 0 bridgehead atoms. The fraction of sp³-hybridized carbons (Fsp3) is 0.545. The zero-order valence-electron chi connectivity index (χ0n) is 19.4. The van der Waals surface area contributed by atoms with Crippen molar-refractivity contribution in [3.63, 3.8) is 0 Å². The molecule has 0 aliphatic carbocycles. The van der Waals surface area contributed by atoms with Crippen molar-refractivity contribution in [3.8, 4) is 5.75 Å². The molecule has 1 aliphatic rings. The summed E-state index contributed by atoms with van der Waals surface area (Å²) < 4.78 is 5.06. The van der Waals surface area contributed by atoms with Gasteiger partial charge in [0.05, 0.1) is 6.04 Å². The number of benzene rings is 1. The van der Waals surface area contributed by atoms with Gasteiger partial charge in [-0.25, -0.2) is 10.2 Å². The Morgan fingerprint density at radius 2 is 1.82 bits per heavy atom. The third-order valence-corrected chi connectivity index (χ3v) is 4.98. The van der Waals surface area contributed by atoms with E-state index in [0.717, 1.165) is 5.56 Å². The quantitative estimate of drug-likeness (QED) is 0.379. The Morgan fingerprint density at radius 3 is 2.42 bits per heavy atom. The minimum atomic E-state index is -0.893. The largest absolute Gasteiger partial charge is 0.508 e. The maximum absolute atomic E-state index is 12.9. The van der Waals surface area contributed by atoms with Gasteiger partial charge in [-0.15, -0.1) is 0 Å². The van der Waals surface area contributed by atoms with Gasteiger partial charge in [0.1, 0.15) is 23.4 Å². The lowest BCUT2D eigenvalue weighted by Gasteiger charge is -2.28. The van der Waals surface area contributed by atoms with E-state index in [2.05, 4.69) is 16.2 Å².